The van der Waals surface area contributed by atoms with Crippen LogP contribution in [0.2, 0.25) is 0 Å². The summed E-state index contributed by atoms with van der Waals surface area (Å²) in [7, 11) is 3.19. The van der Waals surface area contributed by atoms with Gasteiger partial charge in [0.15, 0.2) is 11.5 Å². The molecule has 1 aromatic heterocycles. The molecule has 0 atom stereocenters. The van der Waals surface area contributed by atoms with Crippen LogP contribution in [-0.4, -0.2) is 33.2 Å². The van der Waals surface area contributed by atoms with Crippen molar-refractivity contribution >= 4 is 11.7 Å². The van der Waals surface area contributed by atoms with E-state index in [2.05, 4.69) is 10.3 Å². The molecule has 1 heterocycles. The highest BCUT2D eigenvalue weighted by Crippen LogP contribution is 2.32. The summed E-state index contributed by atoms with van der Waals surface area (Å²) in [6.07, 6.45) is 1.70. The number of aryl methyl sites for hydroxylation is 1. The third-order valence-electron chi connectivity index (χ3n) is 2.59. The van der Waals surface area contributed by atoms with Crippen molar-refractivity contribution in [3.63, 3.8) is 0 Å². The van der Waals surface area contributed by atoms with E-state index in [0.29, 0.717) is 11.4 Å². The Bertz CT molecular complexity index is 638. The molecule has 20 heavy (non-hydrogen) atoms. The standard InChI is InChI=1S/C12H14N4O4/c1-16-5-7(14-15-16)6-20-11-3-8(12(17)18)9(13)4-10(11)19-2/h3-5H,6,13H2,1-2H3,(H,17,18). The second-order valence-electron chi connectivity index (χ2n) is 4.07. The fourth-order valence-electron chi connectivity index (χ4n) is 1.65. The predicted molar refractivity (Wildman–Crippen MR) is 69.7 cm³/mol. The smallest absolute Gasteiger partial charge is 0.337 e. The van der Waals surface area contributed by atoms with Crippen molar-refractivity contribution in [1.29, 1.82) is 0 Å². The zero-order valence-corrected chi connectivity index (χ0v) is 11.0. The Labute approximate surface area is 114 Å². The number of anilines is 1. The average Bonchev–Trinajstić information content (AvgIpc) is 2.82. The van der Waals surface area contributed by atoms with Gasteiger partial charge in [-0.3, -0.25) is 4.68 Å². The van der Waals surface area contributed by atoms with E-state index >= 15 is 0 Å². The zero-order valence-electron chi connectivity index (χ0n) is 11.0. The fraction of sp³-hybridized carbons (Fsp3) is 0.250. The first-order valence-corrected chi connectivity index (χ1v) is 5.70. The Balaban J connectivity index is 2.25. The second-order valence-corrected chi connectivity index (χ2v) is 4.07. The summed E-state index contributed by atoms with van der Waals surface area (Å²) in [5, 5.41) is 16.7. The van der Waals surface area contributed by atoms with Crippen molar-refractivity contribution in [2.24, 2.45) is 7.05 Å². The van der Waals surface area contributed by atoms with Crippen LogP contribution in [0.1, 0.15) is 16.1 Å². The maximum absolute atomic E-state index is 11.0. The number of methoxy groups -OCH3 is 1. The summed E-state index contributed by atoms with van der Waals surface area (Å²) < 4.78 is 12.2. The van der Waals surface area contributed by atoms with Crippen LogP contribution in [0, 0.1) is 0 Å². The Morgan fingerprint density at radius 2 is 2.20 bits per heavy atom. The number of hydrogen-bond donors (Lipinski definition) is 2. The van der Waals surface area contributed by atoms with Crippen LogP contribution in [0.4, 0.5) is 5.69 Å². The minimum atomic E-state index is -1.13. The molecule has 0 aliphatic carbocycles. The van der Waals surface area contributed by atoms with E-state index in [1.165, 1.54) is 19.2 Å². The maximum Gasteiger partial charge on any atom is 0.337 e. The number of ether oxygens (including phenoxy) is 2. The average molecular weight is 278 g/mol. The number of aromatic carboxylic acids is 1. The number of nitrogens with two attached hydrogens (primary N) is 1. The van der Waals surface area contributed by atoms with Gasteiger partial charge in [0.1, 0.15) is 12.3 Å². The van der Waals surface area contributed by atoms with Crippen molar-refractivity contribution in [3.05, 3.63) is 29.6 Å². The Kier molecular flexibility index (Phi) is 3.74. The van der Waals surface area contributed by atoms with Crippen LogP contribution >= 0.6 is 0 Å². The minimum Gasteiger partial charge on any atom is -0.493 e. The normalized spacial score (nSPS) is 10.3. The van der Waals surface area contributed by atoms with Gasteiger partial charge in [0.25, 0.3) is 0 Å². The van der Waals surface area contributed by atoms with E-state index < -0.39 is 5.97 Å². The fourth-order valence-corrected chi connectivity index (χ4v) is 1.65. The Hall–Kier alpha value is -2.77. The summed E-state index contributed by atoms with van der Waals surface area (Å²) in [5.41, 5.74) is 6.32. The molecule has 0 fully saturated rings. The zero-order chi connectivity index (χ0) is 14.7. The minimum absolute atomic E-state index is 0.0417. The molecule has 106 valence electrons. The van der Waals surface area contributed by atoms with Crippen LogP contribution in [-0.2, 0) is 13.7 Å². The molecule has 0 spiro atoms. The molecule has 0 saturated carbocycles. The van der Waals surface area contributed by atoms with E-state index in [1.54, 1.807) is 17.9 Å². The molecular weight excluding hydrogens is 264 g/mol. The number of nitrogens with zero attached hydrogens (tertiary/aromatic N) is 3. The molecule has 0 radical (unpaired) electrons. The highest BCUT2D eigenvalue weighted by Gasteiger charge is 2.15. The van der Waals surface area contributed by atoms with Gasteiger partial charge in [0.05, 0.1) is 24.6 Å². The van der Waals surface area contributed by atoms with Gasteiger partial charge in [-0.25, -0.2) is 4.79 Å². The van der Waals surface area contributed by atoms with E-state index in [0.717, 1.165) is 0 Å². The molecule has 0 saturated heterocycles. The van der Waals surface area contributed by atoms with Crippen molar-refractivity contribution in [3.8, 4) is 11.5 Å². The first-order valence-electron chi connectivity index (χ1n) is 5.70. The summed E-state index contributed by atoms with van der Waals surface area (Å²) in [6.45, 7) is 0.146. The van der Waals surface area contributed by atoms with Crippen LogP contribution in [0.25, 0.3) is 0 Å². The van der Waals surface area contributed by atoms with Crippen molar-refractivity contribution in [2.75, 3.05) is 12.8 Å². The lowest BCUT2D eigenvalue weighted by Gasteiger charge is -2.12. The monoisotopic (exact) mass is 278 g/mol. The Morgan fingerprint density at radius 1 is 1.45 bits per heavy atom. The lowest BCUT2D eigenvalue weighted by atomic mass is 10.1. The van der Waals surface area contributed by atoms with E-state index in [9.17, 15) is 4.79 Å². The van der Waals surface area contributed by atoms with Gasteiger partial charge in [0, 0.05) is 19.2 Å². The molecule has 0 unspecified atom stereocenters. The first kappa shape index (κ1) is 13.7. The molecule has 1 aromatic carbocycles. The molecule has 0 aliphatic rings. The molecule has 8 heteroatoms. The van der Waals surface area contributed by atoms with Crippen LogP contribution < -0.4 is 15.2 Å². The van der Waals surface area contributed by atoms with Crippen molar-refractivity contribution in [2.45, 2.75) is 6.61 Å². The highest BCUT2D eigenvalue weighted by atomic mass is 16.5. The van der Waals surface area contributed by atoms with Gasteiger partial charge in [-0.15, -0.1) is 5.10 Å². The number of rotatable bonds is 5. The number of carboxylic acids is 1. The van der Waals surface area contributed by atoms with Crippen molar-refractivity contribution < 1.29 is 19.4 Å². The van der Waals surface area contributed by atoms with Gasteiger partial charge >= 0.3 is 5.97 Å². The molecule has 3 N–H and O–H groups in total. The van der Waals surface area contributed by atoms with E-state index in [1.807, 2.05) is 0 Å². The topological polar surface area (TPSA) is 112 Å². The lowest BCUT2D eigenvalue weighted by molar-refractivity contribution is 0.0697. The number of nitrogen functional groups attached to an aromatic ring is 1. The predicted octanol–water partition coefficient (Wildman–Crippen LogP) is 0.683. The second kappa shape index (κ2) is 5.47. The number of carbonyl (C=O) groups is 1. The van der Waals surface area contributed by atoms with Gasteiger partial charge in [0.2, 0.25) is 0 Å². The largest absolute Gasteiger partial charge is 0.493 e. The molecule has 2 aromatic rings. The van der Waals surface area contributed by atoms with Gasteiger partial charge in [-0.2, -0.15) is 0 Å². The maximum atomic E-state index is 11.0. The molecule has 0 aliphatic heterocycles. The Morgan fingerprint density at radius 3 is 2.75 bits per heavy atom. The third kappa shape index (κ3) is 2.79. The summed E-state index contributed by atoms with van der Waals surface area (Å²) >= 11 is 0. The molecule has 2 rings (SSSR count). The summed E-state index contributed by atoms with van der Waals surface area (Å²) in [4.78, 5) is 11.0. The van der Waals surface area contributed by atoms with E-state index in [-0.39, 0.29) is 23.6 Å². The van der Waals surface area contributed by atoms with Gasteiger partial charge in [-0.05, 0) is 0 Å². The number of carboxylic acid groups (broad SMARTS) is 1. The van der Waals surface area contributed by atoms with E-state index in [4.69, 9.17) is 20.3 Å². The highest BCUT2D eigenvalue weighted by molar-refractivity contribution is 5.94. The molecule has 8 nitrogen and oxygen atoms in total. The van der Waals surface area contributed by atoms with Crippen molar-refractivity contribution in [1.82, 2.24) is 15.0 Å². The SMILES string of the molecule is COc1cc(N)c(C(=O)O)cc1OCc1cn(C)nn1. The van der Waals surface area contributed by atoms with Crippen LogP contribution in [0.15, 0.2) is 18.3 Å². The number of benzene rings is 1. The van der Waals surface area contributed by atoms with Crippen LogP contribution in [0.3, 0.4) is 0 Å². The third-order valence-corrected chi connectivity index (χ3v) is 2.59. The number of aromatic nitrogens is 3. The molecule has 0 bridgehead atoms. The quantitative estimate of drug-likeness (QED) is 0.773. The first-order chi connectivity index (χ1) is 9.51. The molecule has 0 amide bonds. The summed E-state index contributed by atoms with van der Waals surface area (Å²) in [6, 6.07) is 2.74. The molecular formula is C12H14N4O4. The number of hydrogen-bond acceptors (Lipinski definition) is 6. The lowest BCUT2D eigenvalue weighted by Crippen LogP contribution is -2.05. The summed E-state index contributed by atoms with van der Waals surface area (Å²) in [5.74, 6) is -0.490. The van der Waals surface area contributed by atoms with Gasteiger partial charge in [-0.1, -0.05) is 5.21 Å². The van der Waals surface area contributed by atoms with Crippen LogP contribution in [0.5, 0.6) is 11.5 Å². The van der Waals surface area contributed by atoms with Gasteiger partial charge < -0.3 is 20.3 Å².